The van der Waals surface area contributed by atoms with Crippen LogP contribution >= 0.6 is 0 Å². The summed E-state index contributed by atoms with van der Waals surface area (Å²) in [5.41, 5.74) is 3.45. The van der Waals surface area contributed by atoms with Crippen LogP contribution in [0.1, 0.15) is 41.0 Å². The zero-order chi connectivity index (χ0) is 18.6. The number of carbonyl (C=O) groups is 2. The third-order valence-electron chi connectivity index (χ3n) is 4.35. The number of aliphatic carboxylic acids is 1. The van der Waals surface area contributed by atoms with E-state index in [1.165, 1.54) is 0 Å². The van der Waals surface area contributed by atoms with E-state index in [1.54, 1.807) is 20.8 Å². The molecule has 2 aromatic rings. The Kier molecular flexibility index (Phi) is 5.96. The van der Waals surface area contributed by atoms with E-state index in [2.05, 4.69) is 10.5 Å². The topological polar surface area (TPSA) is 92.4 Å². The summed E-state index contributed by atoms with van der Waals surface area (Å²) in [5, 5.41) is 16.1. The third kappa shape index (κ3) is 4.68. The van der Waals surface area contributed by atoms with Crippen molar-refractivity contribution in [1.29, 1.82) is 0 Å². The molecule has 0 saturated heterocycles. The largest absolute Gasteiger partial charge is 0.481 e. The zero-order valence-electron chi connectivity index (χ0n) is 15.0. The third-order valence-corrected chi connectivity index (χ3v) is 4.35. The van der Waals surface area contributed by atoms with Crippen LogP contribution in [-0.4, -0.2) is 28.7 Å². The number of carboxylic acid groups (broad SMARTS) is 1. The Morgan fingerprint density at radius 3 is 2.56 bits per heavy atom. The second-order valence-electron chi connectivity index (χ2n) is 6.43. The number of carboxylic acids is 1. The van der Waals surface area contributed by atoms with Crippen LogP contribution in [0.2, 0.25) is 0 Å². The van der Waals surface area contributed by atoms with Gasteiger partial charge >= 0.3 is 5.97 Å². The van der Waals surface area contributed by atoms with E-state index in [-0.39, 0.29) is 12.5 Å². The first-order valence-corrected chi connectivity index (χ1v) is 8.28. The van der Waals surface area contributed by atoms with Crippen LogP contribution in [0.3, 0.4) is 0 Å². The van der Waals surface area contributed by atoms with Gasteiger partial charge in [-0.1, -0.05) is 35.0 Å². The zero-order valence-corrected chi connectivity index (χ0v) is 15.0. The van der Waals surface area contributed by atoms with Gasteiger partial charge in [0.25, 0.3) is 0 Å². The molecule has 1 heterocycles. The predicted octanol–water partition coefficient (Wildman–Crippen LogP) is 2.76. The predicted molar refractivity (Wildman–Crippen MR) is 93.4 cm³/mol. The normalized spacial score (nSPS) is 13.3. The van der Waals surface area contributed by atoms with E-state index in [9.17, 15) is 14.7 Å². The van der Waals surface area contributed by atoms with Crippen molar-refractivity contribution in [3.8, 4) is 0 Å². The number of amides is 1. The molecule has 2 rings (SSSR count). The minimum Gasteiger partial charge on any atom is -0.481 e. The second-order valence-corrected chi connectivity index (χ2v) is 6.43. The maximum atomic E-state index is 12.4. The number of hydrogen-bond donors (Lipinski definition) is 2. The molecule has 2 atom stereocenters. The Bertz CT molecular complexity index is 747. The fraction of sp³-hybridized carbons (Fsp3) is 0.421. The number of nitrogens with one attached hydrogen (secondary N) is 1. The highest BCUT2D eigenvalue weighted by molar-refractivity contribution is 5.84. The molecule has 6 nitrogen and oxygen atoms in total. The van der Waals surface area contributed by atoms with E-state index in [0.717, 1.165) is 16.7 Å². The maximum absolute atomic E-state index is 12.4. The minimum atomic E-state index is -0.924. The van der Waals surface area contributed by atoms with Gasteiger partial charge in [0.15, 0.2) is 0 Å². The molecule has 1 aromatic carbocycles. The first kappa shape index (κ1) is 18.7. The molecule has 0 spiro atoms. The molecule has 6 heteroatoms. The second kappa shape index (κ2) is 7.96. The quantitative estimate of drug-likeness (QED) is 0.806. The highest BCUT2D eigenvalue weighted by Crippen LogP contribution is 2.23. The number of benzene rings is 1. The van der Waals surface area contributed by atoms with E-state index in [0.29, 0.717) is 17.9 Å². The van der Waals surface area contributed by atoms with Crippen molar-refractivity contribution in [2.75, 3.05) is 6.54 Å². The molecular weight excluding hydrogens is 320 g/mol. The van der Waals surface area contributed by atoms with Crippen molar-refractivity contribution in [3.63, 3.8) is 0 Å². The molecule has 25 heavy (non-hydrogen) atoms. The Balaban J connectivity index is 2.01. The first-order chi connectivity index (χ1) is 11.8. The van der Waals surface area contributed by atoms with Crippen molar-refractivity contribution in [2.24, 2.45) is 5.92 Å². The fourth-order valence-electron chi connectivity index (χ4n) is 2.99. The van der Waals surface area contributed by atoms with Gasteiger partial charge in [-0.15, -0.1) is 0 Å². The lowest BCUT2D eigenvalue weighted by Crippen LogP contribution is -2.36. The molecule has 0 radical (unpaired) electrons. The van der Waals surface area contributed by atoms with Crippen LogP contribution in [0.15, 0.2) is 28.8 Å². The van der Waals surface area contributed by atoms with E-state index in [1.807, 2.05) is 31.2 Å². The van der Waals surface area contributed by atoms with Crippen molar-refractivity contribution in [3.05, 3.63) is 52.4 Å². The average molecular weight is 344 g/mol. The van der Waals surface area contributed by atoms with Crippen LogP contribution in [-0.2, 0) is 16.0 Å². The molecule has 1 aromatic heterocycles. The highest BCUT2D eigenvalue weighted by atomic mass is 16.5. The van der Waals surface area contributed by atoms with Gasteiger partial charge in [-0.25, -0.2) is 0 Å². The van der Waals surface area contributed by atoms with E-state index >= 15 is 0 Å². The van der Waals surface area contributed by atoms with Gasteiger partial charge in [0, 0.05) is 12.1 Å². The number of aromatic nitrogens is 1. The number of nitrogens with zero attached hydrogens (tertiary/aromatic N) is 1. The van der Waals surface area contributed by atoms with Crippen molar-refractivity contribution >= 4 is 11.9 Å². The number of hydrogen-bond acceptors (Lipinski definition) is 4. The fourth-order valence-corrected chi connectivity index (χ4v) is 2.99. The minimum absolute atomic E-state index is 0.0792. The van der Waals surface area contributed by atoms with Crippen LogP contribution in [0.5, 0.6) is 0 Å². The summed E-state index contributed by atoms with van der Waals surface area (Å²) in [6.07, 6.45) is 0.372. The molecule has 0 bridgehead atoms. The number of rotatable bonds is 7. The van der Waals surface area contributed by atoms with Crippen LogP contribution in [0.25, 0.3) is 0 Å². The van der Waals surface area contributed by atoms with Gasteiger partial charge in [-0.05, 0) is 39.7 Å². The van der Waals surface area contributed by atoms with Crippen molar-refractivity contribution in [2.45, 2.75) is 40.0 Å². The average Bonchev–Trinajstić information content (AvgIpc) is 2.89. The molecule has 0 aliphatic heterocycles. The Morgan fingerprint density at radius 2 is 2.00 bits per heavy atom. The van der Waals surface area contributed by atoms with Gasteiger partial charge in [0.1, 0.15) is 5.76 Å². The molecule has 134 valence electrons. The van der Waals surface area contributed by atoms with Crippen molar-refractivity contribution < 1.29 is 19.2 Å². The molecule has 2 N–H and O–H groups in total. The van der Waals surface area contributed by atoms with Crippen molar-refractivity contribution in [1.82, 2.24) is 10.5 Å². The first-order valence-electron chi connectivity index (χ1n) is 8.28. The lowest BCUT2D eigenvalue weighted by molar-refractivity contribution is -0.141. The summed E-state index contributed by atoms with van der Waals surface area (Å²) in [5.74, 6) is -1.67. The summed E-state index contributed by atoms with van der Waals surface area (Å²) in [6.45, 7) is 7.35. The number of aryl methyl sites for hydroxylation is 3. The van der Waals surface area contributed by atoms with Crippen LogP contribution in [0.4, 0.5) is 0 Å². The molecule has 0 aliphatic carbocycles. The standard InChI is InChI=1S/C19H24N2O4/c1-11-6-5-7-15(8-11)9-16(19(23)24)10-20-18(22)12(2)17-13(3)21-25-14(17)4/h5-8,12,16H,9-10H2,1-4H3,(H,20,22)(H,23,24)/t12-,16-/m1/s1. The Morgan fingerprint density at radius 1 is 1.28 bits per heavy atom. The number of carbonyl (C=O) groups excluding carboxylic acids is 1. The summed E-state index contributed by atoms with van der Waals surface area (Å²) in [7, 11) is 0. The van der Waals surface area contributed by atoms with Gasteiger partial charge in [0.05, 0.1) is 17.5 Å². The summed E-state index contributed by atoms with van der Waals surface area (Å²) in [4.78, 5) is 23.9. The van der Waals surface area contributed by atoms with E-state index < -0.39 is 17.8 Å². The van der Waals surface area contributed by atoms with Gasteiger partial charge in [0.2, 0.25) is 5.91 Å². The summed E-state index contributed by atoms with van der Waals surface area (Å²) < 4.78 is 5.10. The summed E-state index contributed by atoms with van der Waals surface area (Å²) >= 11 is 0. The molecule has 0 saturated carbocycles. The highest BCUT2D eigenvalue weighted by Gasteiger charge is 2.25. The monoisotopic (exact) mass is 344 g/mol. The van der Waals surface area contributed by atoms with Crippen LogP contribution < -0.4 is 5.32 Å². The lowest BCUT2D eigenvalue weighted by Gasteiger charge is -2.16. The SMILES string of the molecule is Cc1cccc(C[C@H](CNC(=O)[C@H](C)c2c(C)noc2C)C(=O)O)c1. The molecule has 0 fully saturated rings. The summed E-state index contributed by atoms with van der Waals surface area (Å²) in [6, 6.07) is 7.73. The lowest BCUT2D eigenvalue weighted by atomic mass is 9.96. The molecular formula is C19H24N2O4. The Hall–Kier alpha value is -2.63. The smallest absolute Gasteiger partial charge is 0.308 e. The molecule has 0 aliphatic rings. The van der Waals surface area contributed by atoms with Crippen LogP contribution in [0, 0.1) is 26.7 Å². The maximum Gasteiger partial charge on any atom is 0.308 e. The van der Waals surface area contributed by atoms with Gasteiger partial charge < -0.3 is 14.9 Å². The van der Waals surface area contributed by atoms with Gasteiger partial charge in [-0.3, -0.25) is 9.59 Å². The van der Waals surface area contributed by atoms with E-state index in [4.69, 9.17) is 4.52 Å². The van der Waals surface area contributed by atoms with Gasteiger partial charge in [-0.2, -0.15) is 0 Å². The molecule has 0 unspecified atom stereocenters. The molecule has 1 amide bonds. The Labute approximate surface area is 147 Å².